The Balaban J connectivity index is 1.44. The highest BCUT2D eigenvalue weighted by molar-refractivity contribution is 5.95. The largest absolute Gasteiger partial charge is 0.497 e. The van der Waals surface area contributed by atoms with Crippen molar-refractivity contribution in [3.8, 4) is 28.4 Å². The molecule has 0 atom stereocenters. The first kappa shape index (κ1) is 20.4. The minimum atomic E-state index is -0.676. The van der Waals surface area contributed by atoms with Crippen LogP contribution in [-0.4, -0.2) is 20.2 Å². The third-order valence-electron chi connectivity index (χ3n) is 5.29. The summed E-state index contributed by atoms with van der Waals surface area (Å²) < 4.78 is 27.2. The number of para-hydroxylation sites is 1. The fourth-order valence-electron chi connectivity index (χ4n) is 3.60. The monoisotopic (exact) mass is 442 g/mol. The molecule has 164 valence electrons. The molecule has 0 unspecified atom stereocenters. The predicted molar refractivity (Wildman–Crippen MR) is 122 cm³/mol. The van der Waals surface area contributed by atoms with E-state index in [1.807, 2.05) is 6.07 Å². The molecule has 0 N–H and O–H groups in total. The molecule has 5 rings (SSSR count). The van der Waals surface area contributed by atoms with Crippen LogP contribution in [0, 0.1) is 0 Å². The van der Waals surface area contributed by atoms with E-state index < -0.39 is 5.97 Å². The summed E-state index contributed by atoms with van der Waals surface area (Å²) in [6.07, 6.45) is 1.39. The van der Waals surface area contributed by atoms with Gasteiger partial charge in [0, 0.05) is 11.5 Å². The molecule has 7 heteroatoms. The van der Waals surface area contributed by atoms with Gasteiger partial charge < -0.3 is 23.0 Å². The number of carbonyl (C=O) groups is 1. The van der Waals surface area contributed by atoms with Crippen LogP contribution < -0.4 is 19.6 Å². The van der Waals surface area contributed by atoms with Crippen LogP contribution in [0.4, 0.5) is 0 Å². The van der Waals surface area contributed by atoms with Gasteiger partial charge in [-0.25, -0.2) is 4.79 Å². The van der Waals surface area contributed by atoms with E-state index in [0.717, 1.165) is 5.39 Å². The van der Waals surface area contributed by atoms with Gasteiger partial charge in [-0.3, -0.25) is 4.79 Å². The zero-order valence-electron chi connectivity index (χ0n) is 17.8. The van der Waals surface area contributed by atoms with Crippen molar-refractivity contribution < 1.29 is 27.8 Å². The molecule has 0 bridgehead atoms. The molecule has 0 saturated carbocycles. The quantitative estimate of drug-likeness (QED) is 0.264. The van der Waals surface area contributed by atoms with Gasteiger partial charge in [0.05, 0.1) is 25.2 Å². The second kappa shape index (κ2) is 8.20. The minimum absolute atomic E-state index is 0.0332. The number of esters is 1. The van der Waals surface area contributed by atoms with Crippen LogP contribution in [0.2, 0.25) is 0 Å². The van der Waals surface area contributed by atoms with Crippen LogP contribution in [-0.2, 0) is 0 Å². The number of fused-ring (bicyclic) bond motifs is 2. The first-order valence-corrected chi connectivity index (χ1v) is 10.1. The smallest absolute Gasteiger partial charge is 0.379 e. The van der Waals surface area contributed by atoms with E-state index >= 15 is 0 Å². The highest BCUT2D eigenvalue weighted by Gasteiger charge is 2.18. The van der Waals surface area contributed by atoms with Crippen molar-refractivity contribution >= 4 is 27.9 Å². The molecule has 0 aliphatic heterocycles. The maximum atomic E-state index is 13.0. The lowest BCUT2D eigenvalue weighted by atomic mass is 10.1. The van der Waals surface area contributed by atoms with Crippen molar-refractivity contribution in [2.75, 3.05) is 14.2 Å². The molecule has 0 fully saturated rings. The molecule has 0 spiro atoms. The van der Waals surface area contributed by atoms with E-state index in [4.69, 9.17) is 23.0 Å². The highest BCUT2D eigenvalue weighted by Crippen LogP contribution is 2.30. The number of hydrogen-bond donors (Lipinski definition) is 0. The first-order valence-electron chi connectivity index (χ1n) is 10.1. The zero-order valence-corrected chi connectivity index (χ0v) is 17.8. The molecule has 0 radical (unpaired) electrons. The lowest BCUT2D eigenvalue weighted by Crippen LogP contribution is -2.08. The predicted octanol–water partition coefficient (Wildman–Crippen LogP) is 5.44. The van der Waals surface area contributed by atoms with Gasteiger partial charge in [0.25, 0.3) is 0 Å². The topological polar surface area (TPSA) is 88.1 Å². The van der Waals surface area contributed by atoms with Crippen LogP contribution in [0.15, 0.2) is 86.6 Å². The van der Waals surface area contributed by atoms with Crippen molar-refractivity contribution in [2.24, 2.45) is 0 Å². The van der Waals surface area contributed by atoms with Crippen LogP contribution in [0.3, 0.4) is 0 Å². The van der Waals surface area contributed by atoms with Crippen LogP contribution >= 0.6 is 0 Å². The second-order valence-electron chi connectivity index (χ2n) is 7.24. The molecule has 0 saturated heterocycles. The Labute approximate surface area is 187 Å². The summed E-state index contributed by atoms with van der Waals surface area (Å²) in [7, 11) is 3.10. The van der Waals surface area contributed by atoms with Gasteiger partial charge in [0.1, 0.15) is 23.3 Å². The molecular formula is C26H18O7. The van der Waals surface area contributed by atoms with Gasteiger partial charge in [0.2, 0.25) is 5.76 Å². The average Bonchev–Trinajstić information content (AvgIpc) is 3.29. The summed E-state index contributed by atoms with van der Waals surface area (Å²) in [5, 5.41) is 1.09. The van der Waals surface area contributed by atoms with Crippen LogP contribution in [0.5, 0.6) is 17.2 Å². The summed E-state index contributed by atoms with van der Waals surface area (Å²) in [6.45, 7) is 0. The summed E-state index contributed by atoms with van der Waals surface area (Å²) in [5.41, 5.74) is 1.70. The Hall–Kier alpha value is -4.52. The van der Waals surface area contributed by atoms with E-state index in [1.165, 1.54) is 25.5 Å². The van der Waals surface area contributed by atoms with E-state index in [-0.39, 0.29) is 16.9 Å². The van der Waals surface area contributed by atoms with Crippen molar-refractivity contribution in [3.63, 3.8) is 0 Å². The summed E-state index contributed by atoms with van der Waals surface area (Å²) in [4.78, 5) is 25.6. The second-order valence-corrected chi connectivity index (χ2v) is 7.24. The average molecular weight is 442 g/mol. The zero-order chi connectivity index (χ0) is 22.9. The molecule has 5 aromatic rings. The van der Waals surface area contributed by atoms with Crippen molar-refractivity contribution in [3.05, 3.63) is 89.0 Å². The molecule has 0 aliphatic carbocycles. The van der Waals surface area contributed by atoms with Gasteiger partial charge in [-0.05, 0) is 42.0 Å². The number of hydrogen-bond acceptors (Lipinski definition) is 7. The van der Waals surface area contributed by atoms with E-state index in [9.17, 15) is 9.59 Å². The molecule has 33 heavy (non-hydrogen) atoms. The molecule has 3 aromatic carbocycles. The van der Waals surface area contributed by atoms with E-state index in [2.05, 4.69) is 0 Å². The van der Waals surface area contributed by atoms with Crippen molar-refractivity contribution in [2.45, 2.75) is 0 Å². The summed E-state index contributed by atoms with van der Waals surface area (Å²) in [6, 6.07) is 18.7. The maximum absolute atomic E-state index is 13.0. The number of furan rings is 1. The first-order chi connectivity index (χ1) is 16.1. The molecule has 0 aliphatic rings. The lowest BCUT2D eigenvalue weighted by Gasteiger charge is -2.06. The number of rotatable bonds is 5. The Morgan fingerprint density at radius 3 is 2.42 bits per heavy atom. The third-order valence-corrected chi connectivity index (χ3v) is 5.29. The van der Waals surface area contributed by atoms with Gasteiger partial charge in [-0.15, -0.1) is 0 Å². The fraction of sp³-hybridized carbons (Fsp3) is 0.0769. The van der Waals surface area contributed by atoms with Gasteiger partial charge in [-0.2, -0.15) is 0 Å². The SMILES string of the molecule is COc1ccc(-c2coc3cc(OC(=O)c4cc5cccc(OC)c5o4)ccc3c2=O)cc1. The van der Waals surface area contributed by atoms with E-state index in [1.54, 1.807) is 55.6 Å². The lowest BCUT2D eigenvalue weighted by molar-refractivity contribution is 0.0704. The van der Waals surface area contributed by atoms with E-state index in [0.29, 0.717) is 39.2 Å². The Morgan fingerprint density at radius 1 is 0.879 bits per heavy atom. The van der Waals surface area contributed by atoms with Crippen molar-refractivity contribution in [1.82, 2.24) is 0 Å². The molecule has 7 nitrogen and oxygen atoms in total. The number of methoxy groups -OCH3 is 2. The summed E-state index contributed by atoms with van der Waals surface area (Å²) in [5.74, 6) is 0.793. The van der Waals surface area contributed by atoms with Gasteiger partial charge in [0.15, 0.2) is 16.8 Å². The number of ether oxygens (including phenoxy) is 3. The van der Waals surface area contributed by atoms with Crippen LogP contribution in [0.1, 0.15) is 10.6 Å². The fourth-order valence-corrected chi connectivity index (χ4v) is 3.60. The Bertz CT molecular complexity index is 1540. The normalized spacial score (nSPS) is 11.0. The highest BCUT2D eigenvalue weighted by atomic mass is 16.5. The number of carbonyl (C=O) groups excluding carboxylic acids is 1. The van der Waals surface area contributed by atoms with Gasteiger partial charge in [-0.1, -0.05) is 24.3 Å². The minimum Gasteiger partial charge on any atom is -0.497 e. The molecule has 0 amide bonds. The molecule has 2 heterocycles. The maximum Gasteiger partial charge on any atom is 0.379 e. The van der Waals surface area contributed by atoms with Crippen molar-refractivity contribution in [1.29, 1.82) is 0 Å². The van der Waals surface area contributed by atoms with Gasteiger partial charge >= 0.3 is 5.97 Å². The molecular weight excluding hydrogens is 424 g/mol. The number of benzene rings is 3. The molecule has 2 aromatic heterocycles. The van der Waals surface area contributed by atoms with Crippen LogP contribution in [0.25, 0.3) is 33.1 Å². The standard InChI is InChI=1S/C26H18O7/c1-29-17-8-6-15(7-9-17)20-14-31-22-13-18(10-11-19(22)24(20)27)32-26(28)23-12-16-4-3-5-21(30-2)25(16)33-23/h3-14H,1-2H3. The Morgan fingerprint density at radius 2 is 1.67 bits per heavy atom. The third kappa shape index (κ3) is 3.70. The Kier molecular flexibility index (Phi) is 5.06. The summed E-state index contributed by atoms with van der Waals surface area (Å²) >= 11 is 0.